The molecule has 1 aromatic rings. The lowest BCUT2D eigenvalue weighted by atomic mass is 10.0. The highest BCUT2D eigenvalue weighted by atomic mass is 32.2. The molecule has 2 heterocycles. The monoisotopic (exact) mass is 354 g/mol. The molecule has 5 nitrogen and oxygen atoms in total. The fourth-order valence-corrected chi connectivity index (χ4v) is 5.43. The Balaban J connectivity index is 1.65. The van der Waals surface area contributed by atoms with Gasteiger partial charge in [-0.2, -0.15) is 0 Å². The number of piperidine rings is 1. The molecule has 0 spiro atoms. The molecule has 0 aliphatic carbocycles. The number of nitrogens with one attached hydrogen (secondary N) is 1. The van der Waals surface area contributed by atoms with Crippen molar-refractivity contribution in [2.24, 2.45) is 0 Å². The lowest BCUT2D eigenvalue weighted by Gasteiger charge is -2.34. The number of benzene rings is 1. The molecule has 3 rings (SSSR count). The molecule has 2 aliphatic heterocycles. The normalized spacial score (nSPS) is 24.5. The molecule has 0 aromatic heterocycles. The second kappa shape index (κ2) is 6.45. The van der Waals surface area contributed by atoms with Crippen molar-refractivity contribution in [2.45, 2.75) is 42.4 Å². The van der Waals surface area contributed by atoms with Crippen LogP contribution in [-0.2, 0) is 21.2 Å². The van der Waals surface area contributed by atoms with Crippen LogP contribution in [0.1, 0.15) is 24.0 Å². The lowest BCUT2D eigenvalue weighted by molar-refractivity contribution is -0.131. The highest BCUT2D eigenvalue weighted by Gasteiger charge is 2.34. The molecule has 126 valence electrons. The summed E-state index contributed by atoms with van der Waals surface area (Å²) >= 11 is 1.64. The third-order valence-electron chi connectivity index (χ3n) is 4.29. The first-order chi connectivity index (χ1) is 10.8. The first-order valence-corrected chi connectivity index (χ1v) is 10.6. The Hall–Kier alpha value is -1.05. The number of hydrogen-bond acceptors (Lipinski definition) is 4. The van der Waals surface area contributed by atoms with Gasteiger partial charge in [0.05, 0.1) is 11.5 Å². The third-order valence-corrected chi connectivity index (χ3v) is 6.33. The minimum Gasteiger partial charge on any atom is -0.340 e. The van der Waals surface area contributed by atoms with Gasteiger partial charge in [0, 0.05) is 24.0 Å². The number of sulfonamides is 1. The van der Waals surface area contributed by atoms with Gasteiger partial charge in [-0.3, -0.25) is 4.79 Å². The summed E-state index contributed by atoms with van der Waals surface area (Å²) in [6, 6.07) is 6.16. The standard InChI is InChI=1S/C16H22N2O3S2/c1-11-5-6-12-9-15(22-14(12)8-11)16(19)18-7-3-4-13(10-18)17-23(2,20)21/h5-6,8,13,15,17H,3-4,7,9-10H2,1-2H3/t13-,15-/m0/s1. The molecule has 1 aromatic carbocycles. The van der Waals surface area contributed by atoms with E-state index in [1.807, 2.05) is 4.90 Å². The van der Waals surface area contributed by atoms with Gasteiger partial charge < -0.3 is 4.90 Å². The van der Waals surface area contributed by atoms with Crippen LogP contribution >= 0.6 is 11.8 Å². The summed E-state index contributed by atoms with van der Waals surface area (Å²) in [5, 5.41) is -0.0798. The molecular formula is C16H22N2O3S2. The van der Waals surface area contributed by atoms with Crippen LogP contribution in [0.4, 0.5) is 0 Å². The number of aryl methyl sites for hydroxylation is 1. The Morgan fingerprint density at radius 2 is 2.17 bits per heavy atom. The number of carbonyl (C=O) groups is 1. The van der Waals surface area contributed by atoms with E-state index in [-0.39, 0.29) is 17.2 Å². The summed E-state index contributed by atoms with van der Waals surface area (Å²) in [5.74, 6) is 0.129. The molecule has 23 heavy (non-hydrogen) atoms. The minimum absolute atomic E-state index is 0.0798. The van der Waals surface area contributed by atoms with Crippen molar-refractivity contribution in [3.05, 3.63) is 29.3 Å². The van der Waals surface area contributed by atoms with Gasteiger partial charge in [-0.25, -0.2) is 13.1 Å². The van der Waals surface area contributed by atoms with Gasteiger partial charge in [-0.1, -0.05) is 17.7 Å². The lowest BCUT2D eigenvalue weighted by Crippen LogP contribution is -2.51. The van der Waals surface area contributed by atoms with Gasteiger partial charge in [0.1, 0.15) is 0 Å². The second-order valence-corrected chi connectivity index (χ2v) is 9.46. The van der Waals surface area contributed by atoms with Crippen molar-refractivity contribution < 1.29 is 13.2 Å². The Morgan fingerprint density at radius 3 is 2.91 bits per heavy atom. The van der Waals surface area contributed by atoms with Crippen LogP contribution in [0.3, 0.4) is 0 Å². The van der Waals surface area contributed by atoms with Crippen LogP contribution in [0.25, 0.3) is 0 Å². The van der Waals surface area contributed by atoms with E-state index in [9.17, 15) is 13.2 Å². The van der Waals surface area contributed by atoms with Crippen LogP contribution in [0.15, 0.2) is 23.1 Å². The molecule has 0 bridgehead atoms. The van der Waals surface area contributed by atoms with Crippen molar-refractivity contribution in [3.8, 4) is 0 Å². The number of thioether (sulfide) groups is 1. The van der Waals surface area contributed by atoms with Gasteiger partial charge in [-0.05, 0) is 37.8 Å². The highest BCUT2D eigenvalue weighted by molar-refractivity contribution is 8.01. The van der Waals surface area contributed by atoms with Crippen molar-refractivity contribution in [2.75, 3.05) is 19.3 Å². The SMILES string of the molecule is Cc1ccc2c(c1)S[C@H](C(=O)N1CCC[C@H](NS(C)(=O)=O)C1)C2. The highest BCUT2D eigenvalue weighted by Crippen LogP contribution is 2.38. The van der Waals surface area contributed by atoms with E-state index in [1.54, 1.807) is 11.8 Å². The molecule has 1 amide bonds. The minimum atomic E-state index is -3.23. The zero-order valence-electron chi connectivity index (χ0n) is 13.4. The van der Waals surface area contributed by atoms with Gasteiger partial charge in [0.15, 0.2) is 0 Å². The maximum Gasteiger partial charge on any atom is 0.236 e. The predicted octanol–water partition coefficient (Wildman–Crippen LogP) is 1.55. The predicted molar refractivity (Wildman–Crippen MR) is 92.1 cm³/mol. The molecule has 1 fully saturated rings. The second-order valence-electron chi connectivity index (χ2n) is 6.44. The van der Waals surface area contributed by atoms with E-state index >= 15 is 0 Å². The number of likely N-dealkylation sites (tertiary alicyclic amines) is 1. The summed E-state index contributed by atoms with van der Waals surface area (Å²) < 4.78 is 25.4. The molecule has 1 N–H and O–H groups in total. The summed E-state index contributed by atoms with van der Waals surface area (Å²) in [5.41, 5.74) is 2.45. The molecule has 2 atom stereocenters. The van der Waals surface area contributed by atoms with Crippen molar-refractivity contribution in [3.63, 3.8) is 0 Å². The number of fused-ring (bicyclic) bond motifs is 1. The maximum absolute atomic E-state index is 12.8. The Labute approximate surface area is 141 Å². The Bertz CT molecular complexity index is 718. The van der Waals surface area contributed by atoms with Crippen LogP contribution in [0, 0.1) is 6.92 Å². The average Bonchev–Trinajstić information content (AvgIpc) is 2.88. The quantitative estimate of drug-likeness (QED) is 0.894. The number of nitrogens with zero attached hydrogens (tertiary/aromatic N) is 1. The summed E-state index contributed by atoms with van der Waals surface area (Å²) in [7, 11) is -3.23. The first-order valence-electron chi connectivity index (χ1n) is 7.84. The first kappa shape index (κ1) is 16.8. The van der Waals surface area contributed by atoms with Crippen LogP contribution in [0.5, 0.6) is 0 Å². The van der Waals surface area contributed by atoms with E-state index in [1.165, 1.54) is 22.3 Å². The number of rotatable bonds is 3. The fraction of sp³-hybridized carbons (Fsp3) is 0.562. The summed E-state index contributed by atoms with van der Waals surface area (Å²) in [4.78, 5) is 15.8. The van der Waals surface area contributed by atoms with E-state index in [4.69, 9.17) is 0 Å². The number of carbonyl (C=O) groups excluding carboxylic acids is 1. The Morgan fingerprint density at radius 1 is 1.39 bits per heavy atom. The van der Waals surface area contributed by atoms with Crippen molar-refractivity contribution in [1.82, 2.24) is 9.62 Å². The fourth-order valence-electron chi connectivity index (χ4n) is 3.25. The molecule has 7 heteroatoms. The van der Waals surface area contributed by atoms with Crippen LogP contribution in [0.2, 0.25) is 0 Å². The largest absolute Gasteiger partial charge is 0.340 e. The van der Waals surface area contributed by atoms with E-state index in [0.29, 0.717) is 13.1 Å². The topological polar surface area (TPSA) is 66.5 Å². The Kier molecular flexibility index (Phi) is 4.71. The van der Waals surface area contributed by atoms with Gasteiger partial charge in [-0.15, -0.1) is 11.8 Å². The van der Waals surface area contributed by atoms with Gasteiger partial charge in [0.2, 0.25) is 15.9 Å². The smallest absolute Gasteiger partial charge is 0.236 e. The average molecular weight is 354 g/mol. The molecule has 2 aliphatic rings. The molecular weight excluding hydrogens is 332 g/mol. The van der Waals surface area contributed by atoms with Crippen molar-refractivity contribution in [1.29, 1.82) is 0 Å². The maximum atomic E-state index is 12.8. The number of hydrogen-bond donors (Lipinski definition) is 1. The van der Waals surface area contributed by atoms with Gasteiger partial charge >= 0.3 is 0 Å². The van der Waals surface area contributed by atoms with E-state index in [0.717, 1.165) is 19.3 Å². The molecule has 0 radical (unpaired) electrons. The van der Waals surface area contributed by atoms with E-state index in [2.05, 4.69) is 29.8 Å². The molecule has 1 saturated heterocycles. The number of amides is 1. The zero-order valence-corrected chi connectivity index (χ0v) is 15.0. The summed E-state index contributed by atoms with van der Waals surface area (Å²) in [6.07, 6.45) is 3.55. The van der Waals surface area contributed by atoms with Crippen LogP contribution in [-0.4, -0.2) is 49.9 Å². The zero-order chi connectivity index (χ0) is 16.6. The van der Waals surface area contributed by atoms with Crippen molar-refractivity contribution >= 4 is 27.7 Å². The summed E-state index contributed by atoms with van der Waals surface area (Å²) in [6.45, 7) is 3.24. The third kappa shape index (κ3) is 4.08. The van der Waals surface area contributed by atoms with E-state index < -0.39 is 10.0 Å². The molecule has 0 unspecified atom stereocenters. The van der Waals surface area contributed by atoms with Gasteiger partial charge in [0.25, 0.3) is 0 Å². The molecule has 0 saturated carbocycles. The van der Waals surface area contributed by atoms with Crippen LogP contribution < -0.4 is 4.72 Å².